The number of aliphatic hydroxyl groups excluding tert-OH is 1. The van der Waals surface area contributed by atoms with Crippen LogP contribution in [0.2, 0.25) is 0 Å². The second-order valence-corrected chi connectivity index (χ2v) is 7.07. The molecule has 5 heteroatoms. The molecule has 0 bridgehead atoms. The van der Waals surface area contributed by atoms with Crippen molar-refractivity contribution < 1.29 is 5.11 Å². The number of nitrogens with zero attached hydrogens (tertiary/aromatic N) is 4. The smallest absolute Gasteiger partial charge is 0.128 e. The molecule has 2 aromatic rings. The lowest BCUT2D eigenvalue weighted by Crippen LogP contribution is -2.23. The van der Waals surface area contributed by atoms with E-state index in [-0.39, 0.29) is 6.61 Å². The number of pyridine rings is 1. The number of aromatic nitrogens is 3. The van der Waals surface area contributed by atoms with E-state index < -0.39 is 0 Å². The third-order valence-electron chi connectivity index (χ3n) is 5.44. The number of piperidine rings is 1. The summed E-state index contributed by atoms with van der Waals surface area (Å²) < 4.78 is 1.87. The van der Waals surface area contributed by atoms with Crippen LogP contribution in [0.5, 0.6) is 0 Å². The molecule has 4 rings (SSSR count). The third kappa shape index (κ3) is 2.81. The van der Waals surface area contributed by atoms with Crippen molar-refractivity contribution in [1.29, 1.82) is 0 Å². The Morgan fingerprint density at radius 3 is 2.62 bits per heavy atom. The average Bonchev–Trinajstić information content (AvgIpc) is 3.05. The van der Waals surface area contributed by atoms with E-state index in [0.29, 0.717) is 0 Å². The van der Waals surface area contributed by atoms with E-state index in [4.69, 9.17) is 4.98 Å². The molecule has 1 saturated carbocycles. The van der Waals surface area contributed by atoms with Crippen molar-refractivity contribution in [3.63, 3.8) is 0 Å². The first-order chi connectivity index (χ1) is 11.7. The molecule has 1 aliphatic carbocycles. The standard InChI is InChI=1S/C19H26N4O/c1-3-18-13(8-16-9-17(12-24)23(4-2)21-16)5-6-19(20-18)22-10-14-7-15(14)11-22/h5-6,9,14-15,24H,3-4,7-8,10-12H2,1-2H3. The van der Waals surface area contributed by atoms with E-state index in [9.17, 15) is 5.11 Å². The summed E-state index contributed by atoms with van der Waals surface area (Å²) in [5, 5.41) is 14.0. The Hall–Kier alpha value is -1.88. The van der Waals surface area contributed by atoms with Gasteiger partial charge < -0.3 is 10.0 Å². The van der Waals surface area contributed by atoms with Crippen molar-refractivity contribution in [3.05, 3.63) is 40.8 Å². The first-order valence-electron chi connectivity index (χ1n) is 9.12. The van der Waals surface area contributed by atoms with Crippen LogP contribution in [0.4, 0.5) is 5.82 Å². The first kappa shape index (κ1) is 15.6. The maximum Gasteiger partial charge on any atom is 0.128 e. The number of anilines is 1. The van der Waals surface area contributed by atoms with Crippen molar-refractivity contribution in [2.45, 2.75) is 46.3 Å². The van der Waals surface area contributed by atoms with Crippen molar-refractivity contribution in [3.8, 4) is 0 Å². The molecule has 1 saturated heterocycles. The van der Waals surface area contributed by atoms with Gasteiger partial charge in [-0.25, -0.2) is 4.98 Å². The Labute approximate surface area is 143 Å². The second kappa shape index (κ2) is 6.20. The number of hydrogen-bond acceptors (Lipinski definition) is 4. The summed E-state index contributed by atoms with van der Waals surface area (Å²) in [6.07, 6.45) is 3.13. The molecule has 2 aliphatic rings. The average molecular weight is 326 g/mol. The zero-order valence-electron chi connectivity index (χ0n) is 14.6. The molecule has 2 aromatic heterocycles. The molecule has 2 fully saturated rings. The monoisotopic (exact) mass is 326 g/mol. The van der Waals surface area contributed by atoms with Crippen LogP contribution in [-0.4, -0.2) is 33.0 Å². The van der Waals surface area contributed by atoms with Crippen LogP contribution in [0.1, 0.15) is 42.9 Å². The largest absolute Gasteiger partial charge is 0.390 e. The predicted molar refractivity (Wildman–Crippen MR) is 94.1 cm³/mol. The second-order valence-electron chi connectivity index (χ2n) is 7.07. The highest BCUT2D eigenvalue weighted by molar-refractivity contribution is 5.45. The van der Waals surface area contributed by atoms with Crippen LogP contribution in [0.15, 0.2) is 18.2 Å². The van der Waals surface area contributed by atoms with E-state index in [1.54, 1.807) is 0 Å². The summed E-state index contributed by atoms with van der Waals surface area (Å²) in [5.41, 5.74) is 4.31. The van der Waals surface area contributed by atoms with Gasteiger partial charge in [-0.15, -0.1) is 0 Å². The number of aliphatic hydroxyl groups is 1. The van der Waals surface area contributed by atoms with E-state index >= 15 is 0 Å². The molecule has 0 radical (unpaired) electrons. The molecule has 3 heterocycles. The molecular weight excluding hydrogens is 300 g/mol. The quantitative estimate of drug-likeness (QED) is 0.886. The van der Waals surface area contributed by atoms with Gasteiger partial charge in [-0.1, -0.05) is 13.0 Å². The van der Waals surface area contributed by atoms with Gasteiger partial charge in [0.15, 0.2) is 0 Å². The third-order valence-corrected chi connectivity index (χ3v) is 5.44. The summed E-state index contributed by atoms with van der Waals surface area (Å²) >= 11 is 0. The molecule has 0 spiro atoms. The van der Waals surface area contributed by atoms with Gasteiger partial charge in [0.2, 0.25) is 0 Å². The van der Waals surface area contributed by atoms with Gasteiger partial charge >= 0.3 is 0 Å². The molecule has 2 unspecified atom stereocenters. The van der Waals surface area contributed by atoms with Gasteiger partial charge in [0.05, 0.1) is 18.0 Å². The normalized spacial score (nSPS) is 22.0. The molecule has 128 valence electrons. The van der Waals surface area contributed by atoms with Gasteiger partial charge in [0, 0.05) is 31.7 Å². The van der Waals surface area contributed by atoms with E-state index in [2.05, 4.69) is 29.1 Å². The van der Waals surface area contributed by atoms with Crippen LogP contribution in [0, 0.1) is 11.8 Å². The van der Waals surface area contributed by atoms with Crippen LogP contribution < -0.4 is 4.90 Å². The van der Waals surface area contributed by atoms with E-state index in [1.165, 1.54) is 30.8 Å². The summed E-state index contributed by atoms with van der Waals surface area (Å²) in [5.74, 6) is 2.98. The van der Waals surface area contributed by atoms with Crippen LogP contribution in [0.25, 0.3) is 0 Å². The number of aryl methyl sites for hydroxylation is 2. The molecule has 5 nitrogen and oxygen atoms in total. The Balaban J connectivity index is 1.55. The summed E-state index contributed by atoms with van der Waals surface area (Å²) in [6.45, 7) is 7.40. The fraction of sp³-hybridized carbons (Fsp3) is 0.579. The highest BCUT2D eigenvalue weighted by Crippen LogP contribution is 2.46. The minimum Gasteiger partial charge on any atom is -0.390 e. The lowest BCUT2D eigenvalue weighted by Gasteiger charge is -2.20. The molecular formula is C19H26N4O. The van der Waals surface area contributed by atoms with Crippen molar-refractivity contribution in [2.75, 3.05) is 18.0 Å². The van der Waals surface area contributed by atoms with Crippen LogP contribution in [0.3, 0.4) is 0 Å². The highest BCUT2D eigenvalue weighted by Gasteiger charge is 2.45. The SMILES string of the molecule is CCc1nc(N2CC3CC3C2)ccc1Cc1cc(CO)n(CC)n1. The Morgan fingerprint density at radius 2 is 2.00 bits per heavy atom. The topological polar surface area (TPSA) is 54.2 Å². The summed E-state index contributed by atoms with van der Waals surface area (Å²) in [6, 6.07) is 6.39. The number of rotatable bonds is 6. The van der Waals surface area contributed by atoms with Crippen molar-refractivity contribution >= 4 is 5.82 Å². The molecule has 2 atom stereocenters. The fourth-order valence-corrected chi connectivity index (χ4v) is 3.94. The number of fused-ring (bicyclic) bond motifs is 1. The molecule has 1 N–H and O–H groups in total. The van der Waals surface area contributed by atoms with Gasteiger partial charge in [-0.05, 0) is 49.3 Å². The van der Waals surface area contributed by atoms with Crippen LogP contribution >= 0.6 is 0 Å². The summed E-state index contributed by atoms with van der Waals surface area (Å²) in [7, 11) is 0. The van der Waals surface area contributed by atoms with Crippen LogP contribution in [-0.2, 0) is 26.0 Å². The fourth-order valence-electron chi connectivity index (χ4n) is 3.94. The lowest BCUT2D eigenvalue weighted by molar-refractivity contribution is 0.268. The van der Waals surface area contributed by atoms with Gasteiger partial charge in [-0.3, -0.25) is 4.68 Å². The van der Waals surface area contributed by atoms with Crippen molar-refractivity contribution in [1.82, 2.24) is 14.8 Å². The minimum atomic E-state index is 0.0377. The van der Waals surface area contributed by atoms with Gasteiger partial charge in [0.25, 0.3) is 0 Å². The maximum atomic E-state index is 9.43. The van der Waals surface area contributed by atoms with Gasteiger partial charge in [0.1, 0.15) is 5.82 Å². The molecule has 24 heavy (non-hydrogen) atoms. The van der Waals surface area contributed by atoms with Gasteiger partial charge in [-0.2, -0.15) is 5.10 Å². The van der Waals surface area contributed by atoms with Crippen molar-refractivity contribution in [2.24, 2.45) is 11.8 Å². The molecule has 0 amide bonds. The highest BCUT2D eigenvalue weighted by atomic mass is 16.3. The zero-order valence-corrected chi connectivity index (χ0v) is 14.6. The van der Waals surface area contributed by atoms with E-state index in [0.717, 1.165) is 48.4 Å². The summed E-state index contributed by atoms with van der Waals surface area (Å²) in [4.78, 5) is 7.38. The molecule has 1 aliphatic heterocycles. The minimum absolute atomic E-state index is 0.0377. The zero-order chi connectivity index (χ0) is 16.7. The predicted octanol–water partition coefficient (Wildman–Crippen LogP) is 2.40. The Kier molecular flexibility index (Phi) is 4.04. The Bertz CT molecular complexity index is 707. The lowest BCUT2D eigenvalue weighted by atomic mass is 10.1. The molecule has 0 aromatic carbocycles. The Morgan fingerprint density at radius 1 is 1.21 bits per heavy atom. The number of hydrogen-bond donors (Lipinski definition) is 1. The maximum absolute atomic E-state index is 9.43. The first-order valence-corrected chi connectivity index (χ1v) is 9.12. The van der Waals surface area contributed by atoms with E-state index in [1.807, 2.05) is 17.7 Å².